The molecule has 0 radical (unpaired) electrons. The molecule has 1 aliphatic rings. The maximum Gasteiger partial charge on any atom is 0.250 e. The maximum atomic E-state index is 6.48. The van der Waals surface area contributed by atoms with Gasteiger partial charge in [0.25, 0.3) is 0 Å². The Morgan fingerprint density at radius 1 is 1.40 bits per heavy atom. The minimum atomic E-state index is -1.89. The lowest BCUT2D eigenvalue weighted by atomic mass is 9.96. The van der Waals surface area contributed by atoms with Crippen LogP contribution in [-0.4, -0.2) is 25.5 Å². The summed E-state index contributed by atoms with van der Waals surface area (Å²) in [6.45, 7) is 19.5. The van der Waals surface area contributed by atoms with E-state index in [1.807, 2.05) is 13.0 Å². The molecule has 0 saturated carbocycles. The Labute approximate surface area is 162 Å². The molecule has 0 bridgehead atoms. The second-order valence-electron chi connectivity index (χ2n) is 8.47. The molecule has 5 heteroatoms. The number of rotatable bonds is 5. The molecule has 1 aromatic rings. The smallest absolute Gasteiger partial charge is 0.250 e. The summed E-state index contributed by atoms with van der Waals surface area (Å²) in [7, 11) is -1.89. The van der Waals surface area contributed by atoms with E-state index in [9.17, 15) is 0 Å². The Balaban J connectivity index is 2.35. The third kappa shape index (κ3) is 4.31. The molecule has 3 nitrogen and oxygen atoms in total. The van der Waals surface area contributed by atoms with Gasteiger partial charge in [0.05, 0.1) is 11.4 Å². The predicted octanol–water partition coefficient (Wildman–Crippen LogP) is 6.00. The standard InChI is InChI=1S/C20H31BrO3Si/c1-9-10-22-20(6)18(21)13-16-14(2)11-15(12-17(16)23-20)24-25(7,8)19(3,4)5/h9,11-12,18H,1,10,13H2,2-8H3. The highest BCUT2D eigenvalue weighted by molar-refractivity contribution is 9.09. The summed E-state index contributed by atoms with van der Waals surface area (Å²) in [6.07, 6.45) is 2.60. The van der Waals surface area contributed by atoms with Crippen LogP contribution in [-0.2, 0) is 11.2 Å². The molecule has 0 aromatic heterocycles. The topological polar surface area (TPSA) is 27.7 Å². The van der Waals surface area contributed by atoms with E-state index in [-0.39, 0.29) is 9.87 Å². The highest BCUT2D eigenvalue weighted by Gasteiger charge is 2.42. The second-order valence-corrected chi connectivity index (χ2v) is 14.3. The first-order chi connectivity index (χ1) is 11.4. The van der Waals surface area contributed by atoms with E-state index < -0.39 is 14.1 Å². The van der Waals surface area contributed by atoms with Gasteiger partial charge in [0.2, 0.25) is 14.1 Å². The van der Waals surface area contributed by atoms with Gasteiger partial charge >= 0.3 is 0 Å². The number of alkyl halides is 1. The molecular formula is C20H31BrO3Si. The summed E-state index contributed by atoms with van der Waals surface area (Å²) in [4.78, 5) is 0.0818. The highest BCUT2D eigenvalue weighted by atomic mass is 79.9. The lowest BCUT2D eigenvalue weighted by molar-refractivity contribution is -0.166. The molecule has 0 aliphatic carbocycles. The van der Waals surface area contributed by atoms with Crippen molar-refractivity contribution in [1.82, 2.24) is 0 Å². The monoisotopic (exact) mass is 426 g/mol. The largest absolute Gasteiger partial charge is 0.543 e. The van der Waals surface area contributed by atoms with Gasteiger partial charge in [-0.15, -0.1) is 6.58 Å². The zero-order chi connectivity index (χ0) is 19.0. The molecule has 1 aliphatic heterocycles. The van der Waals surface area contributed by atoms with Crippen molar-refractivity contribution in [2.75, 3.05) is 6.61 Å². The molecule has 0 spiro atoms. The summed E-state index contributed by atoms with van der Waals surface area (Å²) in [5, 5.41) is 0.153. The van der Waals surface area contributed by atoms with E-state index >= 15 is 0 Å². The number of hydrogen-bond donors (Lipinski definition) is 0. The van der Waals surface area contributed by atoms with E-state index in [4.69, 9.17) is 13.9 Å². The van der Waals surface area contributed by atoms with Gasteiger partial charge in [0.15, 0.2) is 0 Å². The van der Waals surface area contributed by atoms with Crippen LogP contribution in [0.5, 0.6) is 11.5 Å². The fraction of sp³-hybridized carbons (Fsp3) is 0.600. The van der Waals surface area contributed by atoms with E-state index in [2.05, 4.69) is 69.4 Å². The van der Waals surface area contributed by atoms with Gasteiger partial charge in [-0.1, -0.05) is 42.8 Å². The van der Waals surface area contributed by atoms with Gasteiger partial charge < -0.3 is 13.9 Å². The number of fused-ring (bicyclic) bond motifs is 1. The number of aryl methyl sites for hydroxylation is 1. The Bertz CT molecular complexity index is 651. The van der Waals surface area contributed by atoms with Gasteiger partial charge in [-0.3, -0.25) is 0 Å². The molecule has 2 unspecified atom stereocenters. The fourth-order valence-corrected chi connectivity index (χ4v) is 4.17. The van der Waals surface area contributed by atoms with Crippen LogP contribution in [0.3, 0.4) is 0 Å². The van der Waals surface area contributed by atoms with E-state index in [0.717, 1.165) is 17.9 Å². The average molecular weight is 427 g/mol. The molecule has 0 amide bonds. The van der Waals surface area contributed by atoms with Crippen LogP contribution in [0.25, 0.3) is 0 Å². The van der Waals surface area contributed by atoms with Crippen molar-refractivity contribution in [3.05, 3.63) is 35.9 Å². The summed E-state index contributed by atoms with van der Waals surface area (Å²) >= 11 is 3.73. The maximum absolute atomic E-state index is 6.48. The Morgan fingerprint density at radius 3 is 2.60 bits per heavy atom. The molecular weight excluding hydrogens is 396 g/mol. The lowest BCUT2D eigenvalue weighted by Gasteiger charge is -2.40. The van der Waals surface area contributed by atoms with Gasteiger partial charge in [-0.25, -0.2) is 0 Å². The third-order valence-electron chi connectivity index (χ3n) is 5.34. The zero-order valence-electron chi connectivity index (χ0n) is 16.5. The van der Waals surface area contributed by atoms with Crippen molar-refractivity contribution in [3.63, 3.8) is 0 Å². The summed E-state index contributed by atoms with van der Waals surface area (Å²) in [5.41, 5.74) is 2.41. The van der Waals surface area contributed by atoms with Crippen LogP contribution >= 0.6 is 15.9 Å². The minimum Gasteiger partial charge on any atom is -0.543 e. The van der Waals surface area contributed by atoms with Crippen molar-refractivity contribution in [2.24, 2.45) is 0 Å². The van der Waals surface area contributed by atoms with Gasteiger partial charge in [-0.05, 0) is 48.7 Å². The lowest BCUT2D eigenvalue weighted by Crippen LogP contribution is -2.48. The molecule has 0 N–H and O–H groups in total. The SMILES string of the molecule is C=CCOC1(C)Oc2cc(O[Si](C)(C)C(C)(C)C)cc(C)c2CC1Br. The summed E-state index contributed by atoms with van der Waals surface area (Å²) in [6, 6.07) is 4.16. The van der Waals surface area contributed by atoms with E-state index in [0.29, 0.717) is 6.61 Å². The number of benzene rings is 1. The average Bonchev–Trinajstić information content (AvgIpc) is 2.46. The van der Waals surface area contributed by atoms with Crippen LogP contribution in [0.2, 0.25) is 18.1 Å². The first-order valence-corrected chi connectivity index (χ1v) is 12.6. The van der Waals surface area contributed by atoms with Crippen molar-refractivity contribution in [2.45, 2.75) is 69.8 Å². The van der Waals surface area contributed by atoms with Crippen LogP contribution in [0, 0.1) is 6.92 Å². The number of ether oxygens (including phenoxy) is 2. The molecule has 1 heterocycles. The first-order valence-electron chi connectivity index (χ1n) is 8.80. The van der Waals surface area contributed by atoms with Gasteiger partial charge in [-0.2, -0.15) is 0 Å². The van der Waals surface area contributed by atoms with Crippen molar-refractivity contribution < 1.29 is 13.9 Å². The molecule has 0 saturated heterocycles. The Morgan fingerprint density at radius 2 is 2.04 bits per heavy atom. The molecule has 2 atom stereocenters. The zero-order valence-corrected chi connectivity index (χ0v) is 19.1. The quantitative estimate of drug-likeness (QED) is 0.328. The van der Waals surface area contributed by atoms with Crippen molar-refractivity contribution >= 4 is 24.2 Å². The molecule has 2 rings (SSSR count). The molecule has 140 valence electrons. The Kier molecular flexibility index (Phi) is 5.82. The number of hydrogen-bond acceptors (Lipinski definition) is 3. The van der Waals surface area contributed by atoms with Crippen LogP contribution in [0.1, 0.15) is 38.8 Å². The normalized spacial score (nSPS) is 23.6. The van der Waals surface area contributed by atoms with Gasteiger partial charge in [0, 0.05) is 13.0 Å². The second kappa shape index (κ2) is 7.09. The minimum absolute atomic E-state index is 0.0818. The fourth-order valence-electron chi connectivity index (χ4n) is 2.60. The Hall–Kier alpha value is -0.783. The van der Waals surface area contributed by atoms with Crippen LogP contribution in [0.15, 0.2) is 24.8 Å². The molecule has 25 heavy (non-hydrogen) atoms. The summed E-state index contributed by atoms with van der Waals surface area (Å²) < 4.78 is 18.7. The molecule has 0 fully saturated rings. The van der Waals surface area contributed by atoms with E-state index in [1.54, 1.807) is 6.08 Å². The summed E-state index contributed by atoms with van der Waals surface area (Å²) in [5.74, 6) is 1.03. The van der Waals surface area contributed by atoms with E-state index in [1.165, 1.54) is 11.1 Å². The third-order valence-corrected chi connectivity index (χ3v) is 10.9. The van der Waals surface area contributed by atoms with Crippen molar-refractivity contribution in [1.29, 1.82) is 0 Å². The predicted molar refractivity (Wildman–Crippen MR) is 111 cm³/mol. The van der Waals surface area contributed by atoms with Crippen molar-refractivity contribution in [3.8, 4) is 11.5 Å². The van der Waals surface area contributed by atoms with Gasteiger partial charge in [0.1, 0.15) is 11.5 Å². The van der Waals surface area contributed by atoms with Crippen LogP contribution in [0.4, 0.5) is 0 Å². The van der Waals surface area contributed by atoms with Crippen LogP contribution < -0.4 is 9.16 Å². The first kappa shape index (κ1) is 20.5. The highest BCUT2D eigenvalue weighted by Crippen LogP contribution is 2.43. The molecule has 1 aromatic carbocycles. The number of halogens is 1.